The lowest BCUT2D eigenvalue weighted by atomic mass is 10.2. The molecule has 16 heteroatoms. The van der Waals surface area contributed by atoms with Crippen molar-refractivity contribution in [2.45, 2.75) is 66.7 Å². The predicted molar refractivity (Wildman–Crippen MR) is 193 cm³/mol. The number of nitrogens with zero attached hydrogens (tertiary/aromatic N) is 8. The van der Waals surface area contributed by atoms with Crippen LogP contribution in [0.4, 0.5) is 11.9 Å². The lowest BCUT2D eigenvalue weighted by Crippen LogP contribution is -2.20. The number of anilines is 2. The van der Waals surface area contributed by atoms with E-state index in [1.807, 2.05) is 36.8 Å². The number of benzene rings is 2. The van der Waals surface area contributed by atoms with Crippen LogP contribution >= 0.6 is 0 Å². The summed E-state index contributed by atoms with van der Waals surface area (Å²) in [5.74, 6) is -1.06. The molecule has 0 saturated heterocycles. The Morgan fingerprint density at radius 3 is 1.40 bits per heavy atom. The second kappa shape index (κ2) is 14.9. The van der Waals surface area contributed by atoms with Crippen LogP contribution in [0.15, 0.2) is 48.5 Å². The summed E-state index contributed by atoms with van der Waals surface area (Å²) < 4.78 is 16.9. The summed E-state index contributed by atoms with van der Waals surface area (Å²) >= 11 is 0. The summed E-state index contributed by atoms with van der Waals surface area (Å²) in [6, 6.07) is 13.6. The standard InChI is InChI=1S/C36H40N10O6/c1-7-45-29(17-21(3)41-45)31(47)39-35-37-25-19-23(33(49)51-5)11-13-27(25)43(35)15-9-10-16-44-28-14-12-24(34(50)52-6)20-26(28)38-36(44)40-32(48)30-18-22(4)42-46(30)8-2/h11-14,17-20H,7-10,15-16H2,1-6H3,(H,37,39,47)(H,38,40,48). The Labute approximate surface area is 298 Å². The molecule has 16 nitrogen and oxygen atoms in total. The smallest absolute Gasteiger partial charge is 0.337 e. The Morgan fingerprint density at radius 2 is 1.04 bits per heavy atom. The number of fused-ring (bicyclic) bond motifs is 2. The van der Waals surface area contributed by atoms with Gasteiger partial charge < -0.3 is 18.6 Å². The molecular formula is C36H40N10O6. The molecule has 0 atom stereocenters. The van der Waals surface area contributed by atoms with E-state index in [1.54, 1.807) is 57.9 Å². The molecule has 6 rings (SSSR count). The Kier molecular flexibility index (Phi) is 10.2. The molecule has 0 aliphatic heterocycles. The van der Waals surface area contributed by atoms with Crippen LogP contribution in [0, 0.1) is 13.8 Å². The second-order valence-corrected chi connectivity index (χ2v) is 12.2. The number of aryl methyl sites for hydroxylation is 6. The van der Waals surface area contributed by atoms with Crippen LogP contribution in [-0.2, 0) is 35.7 Å². The van der Waals surface area contributed by atoms with E-state index >= 15 is 0 Å². The molecule has 2 aromatic carbocycles. The molecule has 270 valence electrons. The van der Waals surface area contributed by atoms with Crippen molar-refractivity contribution in [3.8, 4) is 0 Å². The fourth-order valence-corrected chi connectivity index (χ4v) is 6.20. The van der Waals surface area contributed by atoms with Crippen molar-refractivity contribution in [3.05, 3.63) is 82.4 Å². The molecule has 0 aliphatic carbocycles. The van der Waals surface area contributed by atoms with Crippen molar-refractivity contribution < 1.29 is 28.7 Å². The number of hydrogen-bond acceptors (Lipinski definition) is 10. The minimum atomic E-state index is -0.493. The Bertz CT molecular complexity index is 2170. The largest absolute Gasteiger partial charge is 0.465 e. The summed E-state index contributed by atoms with van der Waals surface area (Å²) in [7, 11) is 2.63. The average molecular weight is 709 g/mol. The molecule has 0 bridgehead atoms. The zero-order valence-corrected chi connectivity index (χ0v) is 29.9. The highest BCUT2D eigenvalue weighted by Gasteiger charge is 2.21. The highest BCUT2D eigenvalue weighted by Crippen LogP contribution is 2.26. The highest BCUT2D eigenvalue weighted by atomic mass is 16.5. The molecule has 6 aromatic rings. The topological polar surface area (TPSA) is 182 Å². The van der Waals surface area contributed by atoms with Crippen molar-refractivity contribution in [2.24, 2.45) is 0 Å². The molecule has 0 spiro atoms. The Hall–Kier alpha value is -6.32. The monoisotopic (exact) mass is 708 g/mol. The van der Waals surface area contributed by atoms with E-state index < -0.39 is 11.9 Å². The fraction of sp³-hybridized carbons (Fsp3) is 0.333. The number of ether oxygens (including phenoxy) is 2. The van der Waals surface area contributed by atoms with E-state index in [-0.39, 0.29) is 11.8 Å². The van der Waals surface area contributed by atoms with Crippen LogP contribution in [0.1, 0.15) is 79.8 Å². The molecule has 0 aliphatic rings. The van der Waals surface area contributed by atoms with Gasteiger partial charge in [-0.15, -0.1) is 0 Å². The summed E-state index contributed by atoms with van der Waals surface area (Å²) in [6.07, 6.45) is 1.27. The van der Waals surface area contributed by atoms with Gasteiger partial charge in [0.05, 0.1) is 58.8 Å². The number of carbonyl (C=O) groups excluding carboxylic acids is 4. The normalized spacial score (nSPS) is 11.3. The third-order valence-corrected chi connectivity index (χ3v) is 8.67. The van der Waals surface area contributed by atoms with Crippen LogP contribution in [0.25, 0.3) is 22.1 Å². The van der Waals surface area contributed by atoms with Crippen LogP contribution < -0.4 is 10.6 Å². The molecule has 0 fully saturated rings. The molecule has 4 heterocycles. The SMILES string of the molecule is CCn1nc(C)cc1C(=O)Nc1nc2cc(C(=O)OC)ccc2n1CCCCn1c(NC(=O)c2cc(C)nn2CC)nc2cc(C(=O)OC)ccc21. The van der Waals surface area contributed by atoms with Gasteiger partial charge in [0.1, 0.15) is 11.4 Å². The molecular weight excluding hydrogens is 668 g/mol. The molecule has 52 heavy (non-hydrogen) atoms. The fourth-order valence-electron chi connectivity index (χ4n) is 6.20. The highest BCUT2D eigenvalue weighted by molar-refractivity contribution is 6.04. The molecule has 4 aromatic heterocycles. The first-order chi connectivity index (χ1) is 25.0. The van der Waals surface area contributed by atoms with E-state index in [1.165, 1.54) is 14.2 Å². The van der Waals surface area contributed by atoms with Crippen molar-refractivity contribution in [1.82, 2.24) is 38.7 Å². The van der Waals surface area contributed by atoms with Gasteiger partial charge in [-0.25, -0.2) is 19.6 Å². The van der Waals surface area contributed by atoms with Crippen molar-refractivity contribution >= 4 is 57.7 Å². The maximum Gasteiger partial charge on any atom is 0.337 e. The van der Waals surface area contributed by atoms with Crippen LogP contribution in [0.3, 0.4) is 0 Å². The Morgan fingerprint density at radius 1 is 0.635 bits per heavy atom. The maximum absolute atomic E-state index is 13.4. The van der Waals surface area contributed by atoms with Gasteiger partial charge in [0.2, 0.25) is 11.9 Å². The number of imidazole rings is 2. The van der Waals surface area contributed by atoms with Gasteiger partial charge in [-0.05, 0) is 89.1 Å². The lowest BCUT2D eigenvalue weighted by Gasteiger charge is -2.13. The molecule has 0 radical (unpaired) electrons. The second-order valence-electron chi connectivity index (χ2n) is 12.2. The number of carbonyl (C=O) groups is 4. The van der Waals surface area contributed by atoms with Crippen LogP contribution in [0.2, 0.25) is 0 Å². The quantitative estimate of drug-likeness (QED) is 0.122. The first kappa shape index (κ1) is 35.5. The van der Waals surface area contributed by atoms with E-state index in [0.29, 0.717) is 84.5 Å². The summed E-state index contributed by atoms with van der Waals surface area (Å²) in [5.41, 5.74) is 5.42. The van der Waals surface area contributed by atoms with Crippen LogP contribution in [0.5, 0.6) is 0 Å². The lowest BCUT2D eigenvalue weighted by molar-refractivity contribution is 0.0592. The van der Waals surface area contributed by atoms with Crippen LogP contribution in [-0.4, -0.2) is 76.6 Å². The minimum Gasteiger partial charge on any atom is -0.465 e. The molecule has 0 saturated carbocycles. The number of hydrogen-bond donors (Lipinski definition) is 2. The number of unbranched alkanes of at least 4 members (excludes halogenated alkanes) is 1. The Balaban J connectivity index is 1.28. The molecule has 2 amide bonds. The van der Waals surface area contributed by atoms with Gasteiger partial charge in [-0.2, -0.15) is 10.2 Å². The van der Waals surface area contributed by atoms with E-state index in [0.717, 1.165) is 22.4 Å². The van der Waals surface area contributed by atoms with Gasteiger partial charge in [0.15, 0.2) is 0 Å². The maximum atomic E-state index is 13.4. The van der Waals surface area contributed by atoms with Gasteiger partial charge >= 0.3 is 11.9 Å². The number of esters is 2. The number of amides is 2. The van der Waals surface area contributed by atoms with Gasteiger partial charge in [-0.3, -0.25) is 29.6 Å². The van der Waals surface area contributed by atoms with Crippen molar-refractivity contribution in [3.63, 3.8) is 0 Å². The number of aromatic nitrogens is 8. The van der Waals surface area contributed by atoms with Gasteiger partial charge in [0.25, 0.3) is 11.8 Å². The van der Waals surface area contributed by atoms with Gasteiger partial charge in [-0.1, -0.05) is 0 Å². The minimum absolute atomic E-state index is 0.322. The first-order valence-corrected chi connectivity index (χ1v) is 16.9. The summed E-state index contributed by atoms with van der Waals surface area (Å²) in [6.45, 7) is 9.44. The number of nitrogens with one attached hydrogen (secondary N) is 2. The third kappa shape index (κ3) is 6.99. The van der Waals surface area contributed by atoms with E-state index in [4.69, 9.17) is 19.4 Å². The zero-order valence-electron chi connectivity index (χ0n) is 29.9. The van der Waals surface area contributed by atoms with Crippen molar-refractivity contribution in [2.75, 3.05) is 24.9 Å². The third-order valence-electron chi connectivity index (χ3n) is 8.67. The molecule has 2 N–H and O–H groups in total. The number of methoxy groups -OCH3 is 2. The summed E-state index contributed by atoms with van der Waals surface area (Å²) in [5, 5.41) is 14.7. The average Bonchev–Trinajstić information content (AvgIpc) is 3.90. The van der Waals surface area contributed by atoms with E-state index in [2.05, 4.69) is 20.8 Å². The number of rotatable bonds is 13. The van der Waals surface area contributed by atoms with Gasteiger partial charge in [0, 0.05) is 26.2 Å². The molecule has 0 unspecified atom stereocenters. The van der Waals surface area contributed by atoms with Crippen molar-refractivity contribution in [1.29, 1.82) is 0 Å². The first-order valence-electron chi connectivity index (χ1n) is 16.9. The summed E-state index contributed by atoms with van der Waals surface area (Å²) in [4.78, 5) is 60.8. The predicted octanol–water partition coefficient (Wildman–Crippen LogP) is 4.99. The van der Waals surface area contributed by atoms with E-state index in [9.17, 15) is 19.2 Å². The zero-order chi connectivity index (χ0) is 37.1.